The molecule has 2 aromatic rings. The van der Waals surface area contributed by atoms with Crippen LogP contribution < -0.4 is 5.73 Å². The zero-order valence-corrected chi connectivity index (χ0v) is 12.2. The molecule has 1 aliphatic rings. The van der Waals surface area contributed by atoms with Gasteiger partial charge >= 0.3 is 0 Å². The summed E-state index contributed by atoms with van der Waals surface area (Å²) in [7, 11) is 0. The van der Waals surface area contributed by atoms with Crippen molar-refractivity contribution in [3.05, 3.63) is 41.4 Å². The predicted molar refractivity (Wildman–Crippen MR) is 79.4 cm³/mol. The Morgan fingerprint density at radius 3 is 2.75 bits per heavy atom. The third kappa shape index (κ3) is 2.87. The van der Waals surface area contributed by atoms with E-state index in [0.717, 1.165) is 30.3 Å². The lowest BCUT2D eigenvalue weighted by molar-refractivity contribution is 0.283. The number of aromatic nitrogens is 1. The average Bonchev–Trinajstić information content (AvgIpc) is 2.99. The van der Waals surface area contributed by atoms with Gasteiger partial charge in [-0.15, -0.1) is 0 Å². The molecule has 106 valence electrons. The Labute approximate surface area is 123 Å². The van der Waals surface area contributed by atoms with Gasteiger partial charge in [0, 0.05) is 29.7 Å². The molecule has 0 aliphatic carbocycles. The number of hydrogen-bond donors (Lipinski definition) is 1. The highest BCUT2D eigenvalue weighted by Crippen LogP contribution is 2.24. The minimum Gasteiger partial charge on any atom is -0.439 e. The number of nitrogens with zero attached hydrogens (tertiary/aromatic N) is 2. The molecule has 0 bridgehead atoms. The second-order valence-electron chi connectivity index (χ2n) is 5.46. The summed E-state index contributed by atoms with van der Waals surface area (Å²) in [5, 5.41) is 0.716. The van der Waals surface area contributed by atoms with Crippen LogP contribution in [-0.4, -0.2) is 29.0 Å². The average molecular weight is 292 g/mol. The fraction of sp³-hybridized carbons (Fsp3) is 0.400. The van der Waals surface area contributed by atoms with E-state index in [1.165, 1.54) is 0 Å². The van der Waals surface area contributed by atoms with E-state index < -0.39 is 0 Å². The van der Waals surface area contributed by atoms with Gasteiger partial charge in [-0.1, -0.05) is 18.5 Å². The van der Waals surface area contributed by atoms with Crippen molar-refractivity contribution in [1.82, 2.24) is 9.88 Å². The minimum absolute atomic E-state index is 0.251. The molecule has 5 heteroatoms. The molecule has 0 saturated carbocycles. The molecule has 0 radical (unpaired) electrons. The Morgan fingerprint density at radius 2 is 2.10 bits per heavy atom. The Kier molecular flexibility index (Phi) is 3.78. The van der Waals surface area contributed by atoms with Gasteiger partial charge in [0.05, 0.1) is 12.7 Å². The molecule has 0 amide bonds. The second kappa shape index (κ2) is 5.56. The van der Waals surface area contributed by atoms with Gasteiger partial charge in [-0.2, -0.15) is 0 Å². The van der Waals surface area contributed by atoms with Gasteiger partial charge in [-0.05, 0) is 30.2 Å². The molecule has 1 aromatic heterocycles. The molecule has 20 heavy (non-hydrogen) atoms. The standard InChI is InChI=1S/C15H18ClN3O/c1-10-7-19(8-13(10)17)9-15-18-6-14(20-15)11-2-4-12(16)5-3-11/h2-6,10,13H,7-9,17H2,1H3. The summed E-state index contributed by atoms with van der Waals surface area (Å²) in [6, 6.07) is 7.81. The molecule has 2 atom stereocenters. The van der Waals surface area contributed by atoms with Gasteiger partial charge in [0.2, 0.25) is 5.89 Å². The summed E-state index contributed by atoms with van der Waals surface area (Å²) >= 11 is 5.88. The van der Waals surface area contributed by atoms with Crippen LogP contribution in [0.2, 0.25) is 5.02 Å². The lowest BCUT2D eigenvalue weighted by Gasteiger charge is -2.11. The van der Waals surface area contributed by atoms with Crippen LogP contribution in [0.3, 0.4) is 0 Å². The fourth-order valence-electron chi connectivity index (χ4n) is 2.55. The molecule has 4 nitrogen and oxygen atoms in total. The summed E-state index contributed by atoms with van der Waals surface area (Å²) in [6.45, 7) is 4.80. The largest absolute Gasteiger partial charge is 0.439 e. The Balaban J connectivity index is 1.69. The van der Waals surface area contributed by atoms with E-state index in [4.69, 9.17) is 21.8 Å². The molecule has 0 spiro atoms. The highest BCUT2D eigenvalue weighted by molar-refractivity contribution is 6.30. The summed E-state index contributed by atoms with van der Waals surface area (Å²) < 4.78 is 5.81. The minimum atomic E-state index is 0.251. The molecule has 1 fully saturated rings. The van der Waals surface area contributed by atoms with Crippen molar-refractivity contribution in [2.45, 2.75) is 19.5 Å². The Hall–Kier alpha value is -1.36. The van der Waals surface area contributed by atoms with Crippen LogP contribution in [0, 0.1) is 5.92 Å². The summed E-state index contributed by atoms with van der Waals surface area (Å²) in [6.07, 6.45) is 1.76. The summed E-state index contributed by atoms with van der Waals surface area (Å²) in [5.41, 5.74) is 7.01. The van der Waals surface area contributed by atoms with Gasteiger partial charge in [0.15, 0.2) is 5.76 Å². The van der Waals surface area contributed by atoms with E-state index in [1.54, 1.807) is 6.20 Å². The highest BCUT2D eigenvalue weighted by atomic mass is 35.5. The van der Waals surface area contributed by atoms with Crippen molar-refractivity contribution < 1.29 is 4.42 Å². The maximum atomic E-state index is 6.03. The normalized spacial score (nSPS) is 23.4. The van der Waals surface area contributed by atoms with Gasteiger partial charge in [0.25, 0.3) is 0 Å². The van der Waals surface area contributed by atoms with Crippen LogP contribution in [-0.2, 0) is 6.54 Å². The van der Waals surface area contributed by atoms with Crippen molar-refractivity contribution in [2.24, 2.45) is 11.7 Å². The number of rotatable bonds is 3. The first-order valence-electron chi connectivity index (χ1n) is 6.80. The molecular weight excluding hydrogens is 274 g/mol. The van der Waals surface area contributed by atoms with Crippen molar-refractivity contribution in [1.29, 1.82) is 0 Å². The zero-order valence-electron chi connectivity index (χ0n) is 11.4. The van der Waals surface area contributed by atoms with E-state index in [0.29, 0.717) is 17.5 Å². The van der Waals surface area contributed by atoms with Crippen molar-refractivity contribution >= 4 is 11.6 Å². The monoisotopic (exact) mass is 291 g/mol. The van der Waals surface area contributed by atoms with Crippen molar-refractivity contribution in [3.63, 3.8) is 0 Å². The van der Waals surface area contributed by atoms with Gasteiger partial charge in [0.1, 0.15) is 0 Å². The van der Waals surface area contributed by atoms with Crippen LogP contribution in [0.25, 0.3) is 11.3 Å². The molecule has 2 heterocycles. The number of oxazole rings is 1. The van der Waals surface area contributed by atoms with Crippen molar-refractivity contribution in [2.75, 3.05) is 13.1 Å². The molecule has 3 rings (SSSR count). The summed E-state index contributed by atoms with van der Waals surface area (Å²) in [5.74, 6) is 2.03. The van der Waals surface area contributed by atoms with E-state index in [9.17, 15) is 0 Å². The zero-order chi connectivity index (χ0) is 14.1. The van der Waals surface area contributed by atoms with Crippen molar-refractivity contribution in [3.8, 4) is 11.3 Å². The highest BCUT2D eigenvalue weighted by Gasteiger charge is 2.27. The lowest BCUT2D eigenvalue weighted by atomic mass is 10.1. The third-order valence-corrected chi connectivity index (χ3v) is 4.04. The Morgan fingerprint density at radius 1 is 1.35 bits per heavy atom. The first-order chi connectivity index (χ1) is 9.61. The van der Waals surface area contributed by atoms with Gasteiger partial charge < -0.3 is 10.2 Å². The topological polar surface area (TPSA) is 55.3 Å². The number of benzene rings is 1. The van der Waals surface area contributed by atoms with Crippen LogP contribution in [0.5, 0.6) is 0 Å². The van der Waals surface area contributed by atoms with E-state index in [1.807, 2.05) is 24.3 Å². The number of hydrogen-bond acceptors (Lipinski definition) is 4. The van der Waals surface area contributed by atoms with Crippen LogP contribution in [0.4, 0.5) is 0 Å². The van der Waals surface area contributed by atoms with Crippen LogP contribution in [0.15, 0.2) is 34.9 Å². The number of halogens is 1. The molecule has 1 aromatic carbocycles. The SMILES string of the molecule is CC1CN(Cc2ncc(-c3ccc(Cl)cc3)o2)CC1N. The van der Waals surface area contributed by atoms with E-state index >= 15 is 0 Å². The van der Waals surface area contributed by atoms with E-state index in [-0.39, 0.29) is 6.04 Å². The molecule has 1 saturated heterocycles. The third-order valence-electron chi connectivity index (χ3n) is 3.79. The maximum Gasteiger partial charge on any atom is 0.209 e. The predicted octanol–water partition coefficient (Wildman–Crippen LogP) is 2.77. The quantitative estimate of drug-likeness (QED) is 0.945. The molecule has 2 unspecified atom stereocenters. The molecular formula is C15H18ClN3O. The summed E-state index contributed by atoms with van der Waals surface area (Å²) in [4.78, 5) is 6.63. The van der Waals surface area contributed by atoms with Crippen LogP contribution >= 0.6 is 11.6 Å². The van der Waals surface area contributed by atoms with E-state index in [2.05, 4.69) is 16.8 Å². The van der Waals surface area contributed by atoms with Crippen LogP contribution in [0.1, 0.15) is 12.8 Å². The second-order valence-corrected chi connectivity index (χ2v) is 5.90. The van der Waals surface area contributed by atoms with Gasteiger partial charge in [-0.3, -0.25) is 4.90 Å². The fourth-order valence-corrected chi connectivity index (χ4v) is 2.67. The molecule has 1 aliphatic heterocycles. The molecule has 2 N–H and O–H groups in total. The number of likely N-dealkylation sites (tertiary alicyclic amines) is 1. The first-order valence-corrected chi connectivity index (χ1v) is 7.18. The smallest absolute Gasteiger partial charge is 0.209 e. The van der Waals surface area contributed by atoms with Gasteiger partial charge in [-0.25, -0.2) is 4.98 Å². The maximum absolute atomic E-state index is 6.03. The Bertz CT molecular complexity index is 571. The first kappa shape index (κ1) is 13.6. The lowest BCUT2D eigenvalue weighted by Crippen LogP contribution is -2.28. The number of nitrogens with two attached hydrogens (primary N) is 1.